The lowest BCUT2D eigenvalue weighted by atomic mass is 9.88. The van der Waals surface area contributed by atoms with Crippen LogP contribution in [-0.4, -0.2) is 12.1 Å². The molecule has 0 saturated heterocycles. The van der Waals surface area contributed by atoms with Gasteiger partial charge in [-0.3, -0.25) is 0 Å². The zero-order chi connectivity index (χ0) is 14.6. The highest BCUT2D eigenvalue weighted by Crippen LogP contribution is 2.22. The molecular formula is C16H25ClFN. The molecule has 1 atom stereocenters. The summed E-state index contributed by atoms with van der Waals surface area (Å²) < 4.78 is 13.2. The van der Waals surface area contributed by atoms with Crippen LogP contribution < -0.4 is 5.32 Å². The minimum atomic E-state index is -0.348. The number of benzene rings is 1. The van der Waals surface area contributed by atoms with Crippen molar-refractivity contribution in [2.24, 2.45) is 11.8 Å². The minimum absolute atomic E-state index is 0.119. The molecule has 0 saturated carbocycles. The molecule has 1 N–H and O–H groups in total. The van der Waals surface area contributed by atoms with E-state index in [-0.39, 0.29) is 16.4 Å². The maximum absolute atomic E-state index is 13.2. The summed E-state index contributed by atoms with van der Waals surface area (Å²) in [4.78, 5) is 0. The first-order valence-corrected chi connectivity index (χ1v) is 7.26. The summed E-state index contributed by atoms with van der Waals surface area (Å²) in [5.74, 6) is 0.735. The van der Waals surface area contributed by atoms with Gasteiger partial charge >= 0.3 is 0 Å². The van der Waals surface area contributed by atoms with Crippen LogP contribution >= 0.6 is 11.6 Å². The first-order chi connectivity index (χ1) is 8.69. The first kappa shape index (κ1) is 16.5. The number of halogens is 2. The van der Waals surface area contributed by atoms with Crippen LogP contribution in [-0.2, 0) is 6.42 Å². The van der Waals surface area contributed by atoms with Crippen LogP contribution in [0.3, 0.4) is 0 Å². The third-order valence-electron chi connectivity index (χ3n) is 3.32. The van der Waals surface area contributed by atoms with Gasteiger partial charge in [0.15, 0.2) is 0 Å². The molecular weight excluding hydrogens is 261 g/mol. The average molecular weight is 286 g/mol. The van der Waals surface area contributed by atoms with Crippen LogP contribution in [0.4, 0.5) is 4.39 Å². The molecule has 0 aliphatic carbocycles. The highest BCUT2D eigenvalue weighted by atomic mass is 35.5. The van der Waals surface area contributed by atoms with Crippen molar-refractivity contribution in [2.75, 3.05) is 6.54 Å². The first-order valence-electron chi connectivity index (χ1n) is 6.88. The Morgan fingerprint density at radius 1 is 1.26 bits per heavy atom. The van der Waals surface area contributed by atoms with Gasteiger partial charge in [-0.05, 0) is 63.3 Å². The average Bonchev–Trinajstić information content (AvgIpc) is 2.27. The van der Waals surface area contributed by atoms with E-state index in [1.165, 1.54) is 6.07 Å². The molecule has 108 valence electrons. The Balaban J connectivity index is 2.70. The second kappa shape index (κ2) is 6.71. The second-order valence-corrected chi connectivity index (χ2v) is 6.99. The zero-order valence-electron chi connectivity index (χ0n) is 12.6. The van der Waals surface area contributed by atoms with Crippen LogP contribution in [0.1, 0.15) is 40.2 Å². The molecule has 1 rings (SSSR count). The zero-order valence-corrected chi connectivity index (χ0v) is 13.3. The molecule has 19 heavy (non-hydrogen) atoms. The van der Waals surface area contributed by atoms with Gasteiger partial charge in [0.2, 0.25) is 0 Å². The van der Waals surface area contributed by atoms with E-state index in [1.807, 2.05) is 6.07 Å². The van der Waals surface area contributed by atoms with Crippen molar-refractivity contribution < 1.29 is 4.39 Å². The van der Waals surface area contributed by atoms with Gasteiger partial charge in [-0.15, -0.1) is 0 Å². The van der Waals surface area contributed by atoms with Gasteiger partial charge in [-0.25, -0.2) is 4.39 Å². The topological polar surface area (TPSA) is 12.0 Å². The molecule has 3 heteroatoms. The Morgan fingerprint density at radius 2 is 1.89 bits per heavy atom. The van der Waals surface area contributed by atoms with Gasteiger partial charge in [-0.2, -0.15) is 0 Å². The third-order valence-corrected chi connectivity index (χ3v) is 3.61. The molecule has 1 unspecified atom stereocenters. The van der Waals surface area contributed by atoms with Crippen molar-refractivity contribution in [3.05, 3.63) is 34.6 Å². The fraction of sp³-hybridized carbons (Fsp3) is 0.625. The van der Waals surface area contributed by atoms with E-state index in [0.717, 1.165) is 18.5 Å². The Morgan fingerprint density at radius 3 is 2.37 bits per heavy atom. The molecule has 0 aliphatic rings. The van der Waals surface area contributed by atoms with Gasteiger partial charge in [-0.1, -0.05) is 31.5 Å². The van der Waals surface area contributed by atoms with Crippen LogP contribution in [0.15, 0.2) is 18.2 Å². The molecule has 0 radical (unpaired) electrons. The monoisotopic (exact) mass is 285 g/mol. The molecule has 1 aromatic rings. The summed E-state index contributed by atoms with van der Waals surface area (Å²) in [6, 6.07) is 5.02. The van der Waals surface area contributed by atoms with E-state index in [1.54, 1.807) is 6.07 Å². The van der Waals surface area contributed by atoms with Crippen molar-refractivity contribution in [1.29, 1.82) is 0 Å². The van der Waals surface area contributed by atoms with Crippen LogP contribution in [0.25, 0.3) is 0 Å². The van der Waals surface area contributed by atoms with Gasteiger partial charge in [0.1, 0.15) is 5.82 Å². The molecule has 1 aromatic carbocycles. The normalized spacial score (nSPS) is 13.9. The Hall–Kier alpha value is -0.600. The van der Waals surface area contributed by atoms with E-state index in [2.05, 4.69) is 39.9 Å². The van der Waals surface area contributed by atoms with Crippen LogP contribution in [0.2, 0.25) is 5.02 Å². The summed E-state index contributed by atoms with van der Waals surface area (Å²) in [6.07, 6.45) is 0.917. The molecule has 0 bridgehead atoms. The second-order valence-electron chi connectivity index (χ2n) is 6.59. The van der Waals surface area contributed by atoms with Crippen molar-refractivity contribution >= 4 is 11.6 Å². The predicted octanol–water partition coefficient (Wildman–Crippen LogP) is 4.68. The smallest absolute Gasteiger partial charge is 0.141 e. The van der Waals surface area contributed by atoms with Crippen LogP contribution in [0.5, 0.6) is 0 Å². The summed E-state index contributed by atoms with van der Waals surface area (Å²) in [6.45, 7) is 11.9. The predicted molar refractivity (Wildman–Crippen MR) is 81.2 cm³/mol. The van der Waals surface area contributed by atoms with Crippen molar-refractivity contribution in [3.63, 3.8) is 0 Å². The quantitative estimate of drug-likeness (QED) is 0.828. The molecule has 0 heterocycles. The van der Waals surface area contributed by atoms with Gasteiger partial charge in [0, 0.05) is 5.54 Å². The fourth-order valence-electron chi connectivity index (χ4n) is 1.95. The highest BCUT2D eigenvalue weighted by Gasteiger charge is 2.18. The van der Waals surface area contributed by atoms with E-state index in [0.29, 0.717) is 11.8 Å². The molecule has 0 spiro atoms. The molecule has 0 aromatic heterocycles. The Kier molecular flexibility index (Phi) is 5.82. The lowest BCUT2D eigenvalue weighted by Crippen LogP contribution is -2.40. The molecule has 0 fully saturated rings. The molecule has 0 amide bonds. The summed E-state index contributed by atoms with van der Waals surface area (Å²) in [5, 5.41) is 3.75. The summed E-state index contributed by atoms with van der Waals surface area (Å²) in [5.41, 5.74) is 1.22. The number of hydrogen-bond acceptors (Lipinski definition) is 1. The summed E-state index contributed by atoms with van der Waals surface area (Å²) in [7, 11) is 0. The van der Waals surface area contributed by atoms with Crippen molar-refractivity contribution in [2.45, 2.75) is 46.6 Å². The number of nitrogens with one attached hydrogen (secondary N) is 1. The lowest BCUT2D eigenvalue weighted by Gasteiger charge is -2.27. The number of rotatable bonds is 5. The van der Waals surface area contributed by atoms with E-state index < -0.39 is 0 Å². The highest BCUT2D eigenvalue weighted by molar-refractivity contribution is 6.30. The van der Waals surface area contributed by atoms with Gasteiger partial charge in [0.05, 0.1) is 5.02 Å². The molecule has 0 aliphatic heterocycles. The standard InChI is InChI=1S/C16H25ClFN/c1-11(2)13(10-19-16(3,4)5)8-12-6-7-15(18)14(17)9-12/h6-7,9,11,13,19H,8,10H2,1-5H3. The summed E-state index contributed by atoms with van der Waals surface area (Å²) >= 11 is 5.84. The molecule has 1 nitrogen and oxygen atoms in total. The maximum Gasteiger partial charge on any atom is 0.141 e. The maximum atomic E-state index is 13.2. The Bertz CT molecular complexity index is 410. The van der Waals surface area contributed by atoms with Gasteiger partial charge < -0.3 is 5.32 Å². The Labute approximate surface area is 121 Å². The van der Waals surface area contributed by atoms with E-state index in [4.69, 9.17) is 11.6 Å². The SMILES string of the molecule is CC(C)C(CNC(C)(C)C)Cc1ccc(F)c(Cl)c1. The number of hydrogen-bond donors (Lipinski definition) is 1. The van der Waals surface area contributed by atoms with E-state index in [9.17, 15) is 4.39 Å². The van der Waals surface area contributed by atoms with Crippen molar-refractivity contribution in [3.8, 4) is 0 Å². The lowest BCUT2D eigenvalue weighted by molar-refractivity contribution is 0.312. The van der Waals surface area contributed by atoms with Crippen molar-refractivity contribution in [1.82, 2.24) is 5.32 Å². The fourth-order valence-corrected chi connectivity index (χ4v) is 2.15. The third kappa shape index (κ3) is 5.92. The minimum Gasteiger partial charge on any atom is -0.312 e. The van der Waals surface area contributed by atoms with Crippen LogP contribution in [0, 0.1) is 17.7 Å². The largest absolute Gasteiger partial charge is 0.312 e. The van der Waals surface area contributed by atoms with E-state index >= 15 is 0 Å². The van der Waals surface area contributed by atoms with Gasteiger partial charge in [0.25, 0.3) is 0 Å².